The Balaban J connectivity index is 1.33. The molecule has 0 aliphatic carbocycles. The van der Waals surface area contributed by atoms with Crippen LogP contribution in [0.4, 0.5) is 0 Å². The van der Waals surface area contributed by atoms with Crippen LogP contribution in [0.15, 0.2) is 0 Å². The molecule has 176 valence electrons. The molecule has 2 saturated heterocycles. The van der Waals surface area contributed by atoms with Crippen molar-refractivity contribution in [3.05, 3.63) is 16.8 Å². The lowest BCUT2D eigenvalue weighted by molar-refractivity contribution is -0.132. The molecular weight excluding hydrogens is 402 g/mol. The molecule has 2 aromatic rings. The lowest BCUT2D eigenvalue weighted by Crippen LogP contribution is -2.42. The number of ether oxygens (including phenoxy) is 1. The second-order valence-corrected chi connectivity index (χ2v) is 9.67. The number of aromatic nitrogens is 3. The lowest BCUT2D eigenvalue weighted by Gasteiger charge is -2.34. The van der Waals surface area contributed by atoms with Gasteiger partial charge in [-0.3, -0.25) is 4.79 Å². The van der Waals surface area contributed by atoms with Crippen LogP contribution in [0.3, 0.4) is 0 Å². The number of fused-ring (bicyclic) bond motifs is 1. The normalized spacial score (nSPS) is 18.8. The van der Waals surface area contributed by atoms with Gasteiger partial charge in [-0.2, -0.15) is 0 Å². The van der Waals surface area contributed by atoms with E-state index in [0.29, 0.717) is 18.7 Å². The number of piperidine rings is 1. The van der Waals surface area contributed by atoms with Crippen LogP contribution in [0.2, 0.25) is 0 Å². The minimum Gasteiger partial charge on any atom is -0.479 e. The summed E-state index contributed by atoms with van der Waals surface area (Å²) >= 11 is 0. The van der Waals surface area contributed by atoms with Crippen LogP contribution in [0.5, 0.6) is 5.88 Å². The Bertz CT molecular complexity index is 938. The predicted molar refractivity (Wildman–Crippen MR) is 127 cm³/mol. The molecule has 0 spiro atoms. The second-order valence-electron chi connectivity index (χ2n) is 9.67. The van der Waals surface area contributed by atoms with Gasteiger partial charge in [-0.25, -0.2) is 9.67 Å². The molecule has 0 atom stereocenters. The standard InChI is InChI=1S/C25H39N5O2/c1-18-21(19(2)26-24-23(18)25(32-4)27-28(24)3)9-10-22(31)30-15-11-20(12-16-30)17-29-13-7-5-6-8-14-29/h20H,5-17H2,1-4H3. The average Bonchev–Trinajstić information content (AvgIpc) is 2.93. The molecule has 7 heteroatoms. The van der Waals surface area contributed by atoms with E-state index in [9.17, 15) is 4.79 Å². The van der Waals surface area contributed by atoms with Crippen LogP contribution in [-0.4, -0.2) is 70.3 Å². The first-order valence-electron chi connectivity index (χ1n) is 12.3. The summed E-state index contributed by atoms with van der Waals surface area (Å²) in [6, 6.07) is 0. The van der Waals surface area contributed by atoms with Gasteiger partial charge in [-0.05, 0) is 76.1 Å². The van der Waals surface area contributed by atoms with Crippen LogP contribution in [-0.2, 0) is 18.3 Å². The minimum absolute atomic E-state index is 0.273. The molecule has 2 aromatic heterocycles. The number of hydrogen-bond acceptors (Lipinski definition) is 5. The summed E-state index contributed by atoms with van der Waals surface area (Å²) in [5.74, 6) is 1.62. The van der Waals surface area contributed by atoms with Crippen molar-refractivity contribution in [3.8, 4) is 5.88 Å². The SMILES string of the molecule is COc1nn(C)c2nc(C)c(CCC(=O)N3CCC(CN4CCCCCC4)CC3)c(C)c12. The molecular formula is C25H39N5O2. The maximum atomic E-state index is 13.0. The molecule has 4 rings (SSSR count). The number of amides is 1. The zero-order valence-electron chi connectivity index (χ0n) is 20.3. The van der Waals surface area contributed by atoms with E-state index in [2.05, 4.69) is 21.8 Å². The first kappa shape index (κ1) is 23.0. The van der Waals surface area contributed by atoms with E-state index in [1.165, 1.54) is 45.3 Å². The molecule has 1 amide bonds. The number of hydrogen-bond donors (Lipinski definition) is 0. The molecule has 0 radical (unpaired) electrons. The number of methoxy groups -OCH3 is 1. The largest absolute Gasteiger partial charge is 0.479 e. The number of pyridine rings is 1. The molecule has 7 nitrogen and oxygen atoms in total. The van der Waals surface area contributed by atoms with E-state index in [0.717, 1.165) is 59.7 Å². The number of likely N-dealkylation sites (tertiary alicyclic amines) is 2. The van der Waals surface area contributed by atoms with Gasteiger partial charge < -0.3 is 14.5 Å². The average molecular weight is 442 g/mol. The highest BCUT2D eigenvalue weighted by Gasteiger charge is 2.25. The van der Waals surface area contributed by atoms with Crippen molar-refractivity contribution in [2.75, 3.05) is 39.8 Å². The Morgan fingerprint density at radius 1 is 1.06 bits per heavy atom. The van der Waals surface area contributed by atoms with E-state index < -0.39 is 0 Å². The summed E-state index contributed by atoms with van der Waals surface area (Å²) in [6.45, 7) is 9.68. The van der Waals surface area contributed by atoms with Gasteiger partial charge in [0.1, 0.15) is 0 Å². The number of aryl methyl sites for hydroxylation is 3. The molecule has 0 saturated carbocycles. The van der Waals surface area contributed by atoms with Crippen LogP contribution < -0.4 is 4.74 Å². The van der Waals surface area contributed by atoms with Crippen LogP contribution in [0.1, 0.15) is 61.8 Å². The van der Waals surface area contributed by atoms with Crippen molar-refractivity contribution in [2.45, 2.75) is 65.2 Å². The van der Waals surface area contributed by atoms with Crippen LogP contribution in [0, 0.1) is 19.8 Å². The smallest absolute Gasteiger partial charge is 0.242 e. The summed E-state index contributed by atoms with van der Waals surface area (Å²) in [4.78, 5) is 22.5. The number of nitrogens with zero attached hydrogens (tertiary/aromatic N) is 5. The first-order chi connectivity index (χ1) is 15.5. The maximum absolute atomic E-state index is 13.0. The highest BCUT2D eigenvalue weighted by molar-refractivity contribution is 5.86. The monoisotopic (exact) mass is 441 g/mol. The van der Waals surface area contributed by atoms with Crippen LogP contribution >= 0.6 is 0 Å². The van der Waals surface area contributed by atoms with Gasteiger partial charge in [0.25, 0.3) is 0 Å². The molecule has 2 aliphatic heterocycles. The van der Waals surface area contributed by atoms with E-state index in [1.807, 2.05) is 14.0 Å². The van der Waals surface area contributed by atoms with Crippen molar-refractivity contribution < 1.29 is 9.53 Å². The lowest BCUT2D eigenvalue weighted by atomic mass is 9.95. The van der Waals surface area contributed by atoms with E-state index >= 15 is 0 Å². The first-order valence-corrected chi connectivity index (χ1v) is 12.3. The fraction of sp³-hybridized carbons (Fsp3) is 0.720. The van der Waals surface area contributed by atoms with E-state index in [-0.39, 0.29) is 5.91 Å². The number of carbonyl (C=O) groups excluding carboxylic acids is 1. The van der Waals surface area contributed by atoms with Gasteiger partial charge in [-0.15, -0.1) is 5.10 Å². The maximum Gasteiger partial charge on any atom is 0.242 e. The van der Waals surface area contributed by atoms with Crippen molar-refractivity contribution in [2.24, 2.45) is 13.0 Å². The summed E-state index contributed by atoms with van der Waals surface area (Å²) < 4.78 is 7.23. The van der Waals surface area contributed by atoms with Gasteiger partial charge in [0.15, 0.2) is 5.65 Å². The topological polar surface area (TPSA) is 63.5 Å². The molecule has 0 unspecified atom stereocenters. The van der Waals surface area contributed by atoms with Gasteiger partial charge >= 0.3 is 0 Å². The summed E-state index contributed by atoms with van der Waals surface area (Å²) in [7, 11) is 3.52. The Labute approximate surface area is 192 Å². The minimum atomic E-state index is 0.273. The molecule has 2 aliphatic rings. The van der Waals surface area contributed by atoms with Crippen molar-refractivity contribution in [1.29, 1.82) is 0 Å². The third-order valence-electron chi connectivity index (χ3n) is 7.49. The Hall–Kier alpha value is -2.15. The third-order valence-corrected chi connectivity index (χ3v) is 7.49. The van der Waals surface area contributed by atoms with Gasteiger partial charge in [-0.1, -0.05) is 12.8 Å². The summed E-state index contributed by atoms with van der Waals surface area (Å²) in [5.41, 5.74) is 4.08. The molecule has 4 heterocycles. The third kappa shape index (κ3) is 4.92. The van der Waals surface area contributed by atoms with Gasteiger partial charge in [0, 0.05) is 38.8 Å². The molecule has 32 heavy (non-hydrogen) atoms. The number of carbonyl (C=O) groups is 1. The highest BCUT2D eigenvalue weighted by Crippen LogP contribution is 2.30. The molecule has 0 aromatic carbocycles. The van der Waals surface area contributed by atoms with Gasteiger partial charge in [0.2, 0.25) is 11.8 Å². The highest BCUT2D eigenvalue weighted by atomic mass is 16.5. The van der Waals surface area contributed by atoms with Crippen molar-refractivity contribution in [1.82, 2.24) is 24.6 Å². The fourth-order valence-corrected chi connectivity index (χ4v) is 5.55. The fourth-order valence-electron chi connectivity index (χ4n) is 5.55. The van der Waals surface area contributed by atoms with Crippen molar-refractivity contribution in [3.63, 3.8) is 0 Å². The van der Waals surface area contributed by atoms with E-state index in [1.54, 1.807) is 11.8 Å². The zero-order chi connectivity index (χ0) is 22.7. The molecule has 0 N–H and O–H groups in total. The number of rotatable bonds is 6. The summed E-state index contributed by atoms with van der Waals surface area (Å²) in [5, 5.41) is 5.38. The van der Waals surface area contributed by atoms with Gasteiger partial charge in [0.05, 0.1) is 12.5 Å². The Morgan fingerprint density at radius 2 is 1.75 bits per heavy atom. The molecule has 0 bridgehead atoms. The van der Waals surface area contributed by atoms with Crippen molar-refractivity contribution >= 4 is 16.9 Å². The Morgan fingerprint density at radius 3 is 2.41 bits per heavy atom. The van der Waals surface area contributed by atoms with Crippen LogP contribution in [0.25, 0.3) is 11.0 Å². The second kappa shape index (κ2) is 10.2. The van der Waals surface area contributed by atoms with E-state index in [4.69, 9.17) is 9.72 Å². The molecule has 2 fully saturated rings. The quantitative estimate of drug-likeness (QED) is 0.685. The zero-order valence-corrected chi connectivity index (χ0v) is 20.3. The summed E-state index contributed by atoms with van der Waals surface area (Å²) in [6.07, 6.45) is 9.00. The Kier molecular flexibility index (Phi) is 7.33. The predicted octanol–water partition coefficient (Wildman–Crippen LogP) is 3.64.